The lowest BCUT2D eigenvalue weighted by Gasteiger charge is -2.30. The fraction of sp³-hybridized carbons (Fsp3) is 0.312. The molecular weight excluding hydrogens is 332 g/mol. The first-order chi connectivity index (χ1) is 10.1. The quantitative estimate of drug-likeness (QED) is 0.827. The Morgan fingerprint density at radius 3 is 2.81 bits per heavy atom. The summed E-state index contributed by atoms with van der Waals surface area (Å²) in [6.45, 7) is 1.11. The molecule has 0 bridgehead atoms. The lowest BCUT2D eigenvalue weighted by atomic mass is 10.1. The number of likely N-dealkylation sites (tertiary alicyclic amines) is 1. The molecule has 1 fully saturated rings. The van der Waals surface area contributed by atoms with E-state index < -0.39 is 6.10 Å². The number of nitrogens with zero attached hydrogens (tertiary/aromatic N) is 1. The van der Waals surface area contributed by atoms with E-state index in [9.17, 15) is 9.90 Å². The summed E-state index contributed by atoms with van der Waals surface area (Å²) in [6.07, 6.45) is 1.22. The van der Waals surface area contributed by atoms with Crippen LogP contribution in [-0.2, 0) is 0 Å². The topological polar surface area (TPSA) is 52.6 Å². The van der Waals surface area contributed by atoms with Gasteiger partial charge < -0.3 is 15.3 Å². The predicted octanol–water partition coefficient (Wildman–Crippen LogP) is 3.59. The van der Waals surface area contributed by atoms with Crippen LogP contribution in [0.3, 0.4) is 0 Å². The number of rotatable bonds is 1. The van der Waals surface area contributed by atoms with Gasteiger partial charge in [-0.25, -0.2) is 4.79 Å². The van der Waals surface area contributed by atoms with Crippen LogP contribution in [0.1, 0.15) is 12.8 Å². The van der Waals surface area contributed by atoms with Crippen LogP contribution in [0.15, 0.2) is 40.9 Å². The van der Waals surface area contributed by atoms with E-state index in [1.807, 2.05) is 36.4 Å². The highest BCUT2D eigenvalue weighted by Crippen LogP contribution is 2.23. The Morgan fingerprint density at radius 1 is 1.24 bits per heavy atom. The second-order valence-corrected chi connectivity index (χ2v) is 6.29. The number of urea groups is 1. The second-order valence-electron chi connectivity index (χ2n) is 5.38. The van der Waals surface area contributed by atoms with Gasteiger partial charge in [0.15, 0.2) is 0 Å². The maximum atomic E-state index is 12.2. The number of piperidine rings is 1. The first-order valence-corrected chi connectivity index (χ1v) is 7.84. The summed E-state index contributed by atoms with van der Waals surface area (Å²) in [6, 6.07) is 11.7. The SMILES string of the molecule is O=C(Nc1ccc2cc(Br)ccc2c1)N1CCCC(O)C1. The molecule has 0 radical (unpaired) electrons. The van der Waals surface area contributed by atoms with E-state index in [2.05, 4.69) is 21.2 Å². The standard InChI is InChI=1S/C16H17BrN2O2/c17-13-5-3-12-9-14(6-4-11(12)8-13)18-16(21)19-7-1-2-15(20)10-19/h3-6,8-9,15,20H,1-2,7,10H2,(H,18,21). The number of benzene rings is 2. The van der Waals surface area contributed by atoms with E-state index in [0.717, 1.165) is 33.8 Å². The third kappa shape index (κ3) is 3.36. The van der Waals surface area contributed by atoms with Gasteiger partial charge in [-0.05, 0) is 47.9 Å². The molecule has 21 heavy (non-hydrogen) atoms. The van der Waals surface area contributed by atoms with Gasteiger partial charge in [0.25, 0.3) is 0 Å². The molecule has 0 saturated carbocycles. The number of carbonyl (C=O) groups excluding carboxylic acids is 1. The van der Waals surface area contributed by atoms with E-state index in [1.165, 1.54) is 0 Å². The number of aliphatic hydroxyl groups excluding tert-OH is 1. The van der Waals surface area contributed by atoms with Crippen molar-refractivity contribution in [2.45, 2.75) is 18.9 Å². The third-order valence-corrected chi connectivity index (χ3v) is 4.23. The van der Waals surface area contributed by atoms with Gasteiger partial charge in [-0.2, -0.15) is 0 Å². The fourth-order valence-corrected chi connectivity index (χ4v) is 3.01. The zero-order valence-corrected chi connectivity index (χ0v) is 13.1. The largest absolute Gasteiger partial charge is 0.391 e. The number of hydrogen-bond acceptors (Lipinski definition) is 2. The molecule has 1 saturated heterocycles. The minimum Gasteiger partial charge on any atom is -0.391 e. The van der Waals surface area contributed by atoms with Crippen LogP contribution in [0.4, 0.5) is 10.5 Å². The van der Waals surface area contributed by atoms with Gasteiger partial charge in [-0.1, -0.05) is 28.1 Å². The van der Waals surface area contributed by atoms with Crippen molar-refractivity contribution in [3.05, 3.63) is 40.9 Å². The summed E-state index contributed by atoms with van der Waals surface area (Å²) in [5, 5.41) is 14.7. The van der Waals surface area contributed by atoms with Gasteiger partial charge in [0, 0.05) is 23.2 Å². The Kier molecular flexibility index (Phi) is 4.12. The molecule has 1 unspecified atom stereocenters. The molecule has 2 N–H and O–H groups in total. The molecular formula is C16H17BrN2O2. The summed E-state index contributed by atoms with van der Waals surface area (Å²) in [7, 11) is 0. The molecule has 2 amide bonds. The minimum atomic E-state index is -0.404. The van der Waals surface area contributed by atoms with Gasteiger partial charge in [0.1, 0.15) is 0 Å². The van der Waals surface area contributed by atoms with Crippen LogP contribution >= 0.6 is 15.9 Å². The van der Waals surface area contributed by atoms with Gasteiger partial charge in [-0.15, -0.1) is 0 Å². The van der Waals surface area contributed by atoms with Crippen molar-refractivity contribution in [3.8, 4) is 0 Å². The second kappa shape index (κ2) is 6.03. The molecule has 2 aromatic rings. The van der Waals surface area contributed by atoms with Crippen LogP contribution in [0.5, 0.6) is 0 Å². The summed E-state index contributed by atoms with van der Waals surface area (Å²) in [4.78, 5) is 13.9. The summed E-state index contributed by atoms with van der Waals surface area (Å²) >= 11 is 3.45. The normalized spacial score (nSPS) is 18.8. The van der Waals surface area contributed by atoms with Crippen molar-refractivity contribution in [1.29, 1.82) is 0 Å². The van der Waals surface area contributed by atoms with Gasteiger partial charge in [-0.3, -0.25) is 0 Å². The third-order valence-electron chi connectivity index (χ3n) is 3.74. The monoisotopic (exact) mass is 348 g/mol. The highest BCUT2D eigenvalue weighted by atomic mass is 79.9. The molecule has 1 aliphatic rings. The number of aliphatic hydroxyl groups is 1. The molecule has 4 nitrogen and oxygen atoms in total. The van der Waals surface area contributed by atoms with Gasteiger partial charge >= 0.3 is 6.03 Å². The molecule has 2 aromatic carbocycles. The van der Waals surface area contributed by atoms with Gasteiger partial charge in [0.2, 0.25) is 0 Å². The van der Waals surface area contributed by atoms with Crippen molar-refractivity contribution >= 4 is 38.4 Å². The van der Waals surface area contributed by atoms with Crippen LogP contribution in [0, 0.1) is 0 Å². The molecule has 1 atom stereocenters. The van der Waals surface area contributed by atoms with E-state index in [0.29, 0.717) is 13.1 Å². The number of amides is 2. The molecule has 0 aromatic heterocycles. The number of halogens is 1. The summed E-state index contributed by atoms with van der Waals surface area (Å²) in [5.74, 6) is 0. The highest BCUT2D eigenvalue weighted by molar-refractivity contribution is 9.10. The zero-order valence-electron chi connectivity index (χ0n) is 11.6. The number of β-amino-alcohol motifs (C(OH)–C–C–N with tert-alkyl or cyclic N) is 1. The van der Waals surface area contributed by atoms with E-state index in [-0.39, 0.29) is 6.03 Å². The summed E-state index contributed by atoms with van der Waals surface area (Å²) < 4.78 is 1.04. The highest BCUT2D eigenvalue weighted by Gasteiger charge is 2.21. The molecule has 1 heterocycles. The maximum absolute atomic E-state index is 12.2. The molecule has 3 rings (SSSR count). The molecule has 0 spiro atoms. The van der Waals surface area contributed by atoms with Crippen LogP contribution in [0.2, 0.25) is 0 Å². The van der Waals surface area contributed by atoms with Gasteiger partial charge in [0.05, 0.1) is 6.10 Å². The molecule has 110 valence electrons. The zero-order chi connectivity index (χ0) is 14.8. The predicted molar refractivity (Wildman–Crippen MR) is 87.5 cm³/mol. The van der Waals surface area contributed by atoms with Crippen molar-refractivity contribution in [3.63, 3.8) is 0 Å². The lowest BCUT2D eigenvalue weighted by Crippen LogP contribution is -2.44. The number of nitrogens with one attached hydrogen (secondary N) is 1. The van der Waals surface area contributed by atoms with Crippen molar-refractivity contribution in [1.82, 2.24) is 4.90 Å². The first-order valence-electron chi connectivity index (χ1n) is 7.05. The number of carbonyl (C=O) groups is 1. The Bertz CT molecular complexity index is 674. The minimum absolute atomic E-state index is 0.148. The number of anilines is 1. The Balaban J connectivity index is 1.75. The Morgan fingerprint density at radius 2 is 2.00 bits per heavy atom. The molecule has 1 aliphatic heterocycles. The number of fused-ring (bicyclic) bond motifs is 1. The fourth-order valence-electron chi connectivity index (χ4n) is 2.64. The first kappa shape index (κ1) is 14.4. The van der Waals surface area contributed by atoms with Crippen LogP contribution < -0.4 is 5.32 Å². The number of hydrogen-bond donors (Lipinski definition) is 2. The molecule has 5 heteroatoms. The van der Waals surface area contributed by atoms with Crippen LogP contribution in [0.25, 0.3) is 10.8 Å². The molecule has 0 aliphatic carbocycles. The van der Waals surface area contributed by atoms with E-state index in [1.54, 1.807) is 4.90 Å². The van der Waals surface area contributed by atoms with Crippen molar-refractivity contribution < 1.29 is 9.90 Å². The average molecular weight is 349 g/mol. The van der Waals surface area contributed by atoms with Crippen LogP contribution in [-0.4, -0.2) is 35.2 Å². The average Bonchev–Trinajstić information content (AvgIpc) is 2.47. The lowest BCUT2D eigenvalue weighted by molar-refractivity contribution is 0.0883. The smallest absolute Gasteiger partial charge is 0.321 e. The van der Waals surface area contributed by atoms with E-state index >= 15 is 0 Å². The van der Waals surface area contributed by atoms with Crippen molar-refractivity contribution in [2.75, 3.05) is 18.4 Å². The summed E-state index contributed by atoms with van der Waals surface area (Å²) in [5.41, 5.74) is 0.773. The Labute approximate surface area is 131 Å². The Hall–Kier alpha value is -1.59. The van der Waals surface area contributed by atoms with E-state index in [4.69, 9.17) is 0 Å². The van der Waals surface area contributed by atoms with Crippen molar-refractivity contribution in [2.24, 2.45) is 0 Å². The maximum Gasteiger partial charge on any atom is 0.321 e.